The van der Waals surface area contributed by atoms with Crippen molar-refractivity contribution in [3.05, 3.63) is 29.8 Å². The topological polar surface area (TPSA) is 75.6 Å². The lowest BCUT2D eigenvalue weighted by Crippen LogP contribution is -2.30. The Balaban J connectivity index is 2.28. The van der Waals surface area contributed by atoms with Gasteiger partial charge in [0.2, 0.25) is 0 Å². The molecule has 0 aliphatic heterocycles. The van der Waals surface area contributed by atoms with Gasteiger partial charge in [-0.2, -0.15) is 0 Å². The standard InChI is InChI=1S/C14H19NO4/c1-2-11-6-3-4-7-12(11)19-10-13(16)15-9-5-8-14(17)18/h3-4,6-7H,2,5,8-10H2,1H3,(H,15,16)(H,17,18). The molecule has 0 radical (unpaired) electrons. The zero-order valence-corrected chi connectivity index (χ0v) is 11.0. The van der Waals surface area contributed by atoms with Gasteiger partial charge in [-0.15, -0.1) is 0 Å². The molecular formula is C14H19NO4. The average Bonchev–Trinajstić information content (AvgIpc) is 2.41. The Morgan fingerprint density at radius 1 is 1.32 bits per heavy atom. The number of benzene rings is 1. The van der Waals surface area contributed by atoms with Gasteiger partial charge in [0.25, 0.3) is 5.91 Å². The molecule has 0 heterocycles. The summed E-state index contributed by atoms with van der Waals surface area (Å²) < 4.78 is 5.44. The molecule has 19 heavy (non-hydrogen) atoms. The van der Waals surface area contributed by atoms with Gasteiger partial charge < -0.3 is 15.2 Å². The number of carbonyl (C=O) groups is 2. The fraction of sp³-hybridized carbons (Fsp3) is 0.429. The third-order valence-corrected chi connectivity index (χ3v) is 2.60. The maximum Gasteiger partial charge on any atom is 0.303 e. The summed E-state index contributed by atoms with van der Waals surface area (Å²) >= 11 is 0. The van der Waals surface area contributed by atoms with Crippen LogP contribution in [0.5, 0.6) is 5.75 Å². The maximum absolute atomic E-state index is 11.5. The van der Waals surface area contributed by atoms with Crippen molar-refractivity contribution in [2.45, 2.75) is 26.2 Å². The molecule has 1 aromatic rings. The van der Waals surface area contributed by atoms with E-state index in [1.807, 2.05) is 31.2 Å². The Morgan fingerprint density at radius 2 is 2.05 bits per heavy atom. The summed E-state index contributed by atoms with van der Waals surface area (Å²) in [7, 11) is 0. The lowest BCUT2D eigenvalue weighted by molar-refractivity contribution is -0.137. The molecule has 5 heteroatoms. The summed E-state index contributed by atoms with van der Waals surface area (Å²) in [5, 5.41) is 11.1. The van der Waals surface area contributed by atoms with E-state index in [4.69, 9.17) is 9.84 Å². The first-order valence-electron chi connectivity index (χ1n) is 6.32. The summed E-state index contributed by atoms with van der Waals surface area (Å²) in [6, 6.07) is 7.58. The van der Waals surface area contributed by atoms with Gasteiger partial charge in [0.05, 0.1) is 0 Å². The molecule has 1 amide bonds. The minimum Gasteiger partial charge on any atom is -0.483 e. The smallest absolute Gasteiger partial charge is 0.303 e. The van der Waals surface area contributed by atoms with Crippen LogP contribution < -0.4 is 10.1 Å². The number of hydrogen-bond donors (Lipinski definition) is 2. The molecule has 104 valence electrons. The van der Waals surface area contributed by atoms with Crippen molar-refractivity contribution in [3.8, 4) is 5.75 Å². The van der Waals surface area contributed by atoms with E-state index in [0.29, 0.717) is 18.7 Å². The summed E-state index contributed by atoms with van der Waals surface area (Å²) in [4.78, 5) is 21.8. The molecular weight excluding hydrogens is 246 g/mol. The van der Waals surface area contributed by atoms with Crippen molar-refractivity contribution < 1.29 is 19.4 Å². The molecule has 1 aromatic carbocycles. The van der Waals surface area contributed by atoms with E-state index < -0.39 is 5.97 Å². The highest BCUT2D eigenvalue weighted by Gasteiger charge is 2.05. The van der Waals surface area contributed by atoms with Crippen molar-refractivity contribution in [1.82, 2.24) is 5.32 Å². The van der Waals surface area contributed by atoms with Crippen molar-refractivity contribution in [2.24, 2.45) is 0 Å². The molecule has 0 atom stereocenters. The van der Waals surface area contributed by atoms with Crippen LogP contribution in [0.4, 0.5) is 0 Å². The average molecular weight is 265 g/mol. The molecule has 0 fully saturated rings. The van der Waals surface area contributed by atoms with Gasteiger partial charge >= 0.3 is 5.97 Å². The van der Waals surface area contributed by atoms with E-state index in [-0.39, 0.29) is 18.9 Å². The largest absolute Gasteiger partial charge is 0.483 e. The van der Waals surface area contributed by atoms with Crippen LogP contribution in [0, 0.1) is 0 Å². The summed E-state index contributed by atoms with van der Waals surface area (Å²) in [6.07, 6.45) is 1.32. The molecule has 0 aliphatic carbocycles. The number of aryl methyl sites for hydroxylation is 1. The second-order valence-corrected chi connectivity index (χ2v) is 4.10. The van der Waals surface area contributed by atoms with Crippen molar-refractivity contribution in [2.75, 3.05) is 13.2 Å². The Kier molecular flexibility index (Phi) is 6.43. The Labute approximate surface area is 112 Å². The Morgan fingerprint density at radius 3 is 2.74 bits per heavy atom. The molecule has 0 saturated carbocycles. The molecule has 0 aromatic heterocycles. The third kappa shape index (κ3) is 5.90. The van der Waals surface area contributed by atoms with Gasteiger partial charge in [0.1, 0.15) is 5.75 Å². The molecule has 0 unspecified atom stereocenters. The molecule has 0 aliphatic rings. The first kappa shape index (κ1) is 15.0. The SMILES string of the molecule is CCc1ccccc1OCC(=O)NCCCC(=O)O. The van der Waals surface area contributed by atoms with Crippen molar-refractivity contribution in [1.29, 1.82) is 0 Å². The number of ether oxygens (including phenoxy) is 1. The highest BCUT2D eigenvalue weighted by molar-refractivity contribution is 5.77. The van der Waals surface area contributed by atoms with E-state index in [1.165, 1.54) is 0 Å². The van der Waals surface area contributed by atoms with Crippen LogP contribution in [0.3, 0.4) is 0 Å². The van der Waals surface area contributed by atoms with Crippen LogP contribution in [-0.2, 0) is 16.0 Å². The number of amides is 1. The number of para-hydroxylation sites is 1. The molecule has 2 N–H and O–H groups in total. The van der Waals surface area contributed by atoms with Crippen LogP contribution in [0.1, 0.15) is 25.3 Å². The van der Waals surface area contributed by atoms with Gasteiger partial charge in [-0.3, -0.25) is 9.59 Å². The summed E-state index contributed by atoms with van der Waals surface area (Å²) in [6.45, 7) is 2.32. The third-order valence-electron chi connectivity index (χ3n) is 2.60. The minimum atomic E-state index is -0.859. The monoisotopic (exact) mass is 265 g/mol. The van der Waals surface area contributed by atoms with Crippen molar-refractivity contribution >= 4 is 11.9 Å². The minimum absolute atomic E-state index is 0.0515. The second-order valence-electron chi connectivity index (χ2n) is 4.10. The van der Waals surface area contributed by atoms with E-state index >= 15 is 0 Å². The zero-order valence-electron chi connectivity index (χ0n) is 11.0. The van der Waals surface area contributed by atoms with Gasteiger partial charge in [-0.1, -0.05) is 25.1 Å². The molecule has 1 rings (SSSR count). The fourth-order valence-corrected chi connectivity index (χ4v) is 1.60. The lowest BCUT2D eigenvalue weighted by atomic mass is 10.1. The highest BCUT2D eigenvalue weighted by atomic mass is 16.5. The number of carboxylic acid groups (broad SMARTS) is 1. The maximum atomic E-state index is 11.5. The Bertz CT molecular complexity index is 431. The first-order chi connectivity index (χ1) is 9.13. The normalized spacial score (nSPS) is 9.95. The summed E-state index contributed by atoms with van der Waals surface area (Å²) in [5.74, 6) is -0.385. The number of hydrogen-bond acceptors (Lipinski definition) is 3. The first-order valence-corrected chi connectivity index (χ1v) is 6.32. The Hall–Kier alpha value is -2.04. The number of carbonyl (C=O) groups excluding carboxylic acids is 1. The van der Waals surface area contributed by atoms with E-state index in [0.717, 1.165) is 12.0 Å². The number of nitrogens with one attached hydrogen (secondary N) is 1. The fourth-order valence-electron chi connectivity index (χ4n) is 1.60. The van der Waals surface area contributed by atoms with E-state index in [1.54, 1.807) is 0 Å². The van der Waals surface area contributed by atoms with Crippen LogP contribution in [0.2, 0.25) is 0 Å². The number of carboxylic acids is 1. The predicted molar refractivity (Wildman–Crippen MR) is 71.2 cm³/mol. The van der Waals surface area contributed by atoms with E-state index in [2.05, 4.69) is 5.32 Å². The zero-order chi connectivity index (χ0) is 14.1. The number of rotatable bonds is 8. The van der Waals surface area contributed by atoms with E-state index in [9.17, 15) is 9.59 Å². The van der Waals surface area contributed by atoms with Gasteiger partial charge in [0.15, 0.2) is 6.61 Å². The van der Waals surface area contributed by atoms with Crippen LogP contribution in [0.25, 0.3) is 0 Å². The van der Waals surface area contributed by atoms with Gasteiger partial charge in [0, 0.05) is 13.0 Å². The highest BCUT2D eigenvalue weighted by Crippen LogP contribution is 2.17. The molecule has 0 saturated heterocycles. The van der Waals surface area contributed by atoms with Crippen molar-refractivity contribution in [3.63, 3.8) is 0 Å². The lowest BCUT2D eigenvalue weighted by Gasteiger charge is -2.10. The molecule has 5 nitrogen and oxygen atoms in total. The summed E-state index contributed by atoms with van der Waals surface area (Å²) in [5.41, 5.74) is 1.06. The molecule has 0 bridgehead atoms. The predicted octanol–water partition coefficient (Wildman–Crippen LogP) is 1.61. The molecule has 0 spiro atoms. The number of aliphatic carboxylic acids is 1. The van der Waals surface area contributed by atoms with Crippen LogP contribution in [0.15, 0.2) is 24.3 Å². The van der Waals surface area contributed by atoms with Crippen LogP contribution in [-0.4, -0.2) is 30.1 Å². The van der Waals surface area contributed by atoms with Gasteiger partial charge in [-0.05, 0) is 24.5 Å². The second kappa shape index (κ2) is 8.13. The quantitative estimate of drug-likeness (QED) is 0.700. The van der Waals surface area contributed by atoms with Crippen LogP contribution >= 0.6 is 0 Å². The van der Waals surface area contributed by atoms with Gasteiger partial charge in [-0.25, -0.2) is 0 Å².